The Labute approximate surface area is 118 Å². The number of nitrogens with zero attached hydrogens (tertiary/aromatic N) is 2. The van der Waals surface area contributed by atoms with Crippen LogP contribution >= 0.6 is 15.9 Å². The third-order valence-corrected chi connectivity index (χ3v) is 3.54. The molecule has 0 spiro atoms. The fourth-order valence-electron chi connectivity index (χ4n) is 2.21. The third kappa shape index (κ3) is 2.51. The van der Waals surface area contributed by atoms with Crippen LogP contribution in [-0.4, -0.2) is 22.6 Å². The molecule has 2 aromatic rings. The van der Waals surface area contributed by atoms with Gasteiger partial charge in [0.2, 0.25) is 0 Å². The molecule has 0 atom stereocenters. The molecule has 1 aliphatic rings. The van der Waals surface area contributed by atoms with Gasteiger partial charge in [0.1, 0.15) is 5.75 Å². The minimum absolute atomic E-state index is 0.0192. The monoisotopic (exact) mass is 318 g/mol. The van der Waals surface area contributed by atoms with Crippen LogP contribution in [0, 0.1) is 0 Å². The van der Waals surface area contributed by atoms with Crippen LogP contribution in [-0.2, 0) is 12.8 Å². The number of Topliss-reactive ketones (excluding diaryl/α,β-unsaturated/α-hetero) is 1. The fourth-order valence-corrected chi connectivity index (χ4v) is 2.76. The van der Waals surface area contributed by atoms with Crippen LogP contribution in [0.1, 0.15) is 21.5 Å². The molecular weight excluding hydrogens is 308 g/mol. The zero-order chi connectivity index (χ0) is 13.2. The van der Waals surface area contributed by atoms with Gasteiger partial charge in [0.15, 0.2) is 5.78 Å². The average molecular weight is 319 g/mol. The molecule has 1 aliphatic heterocycles. The number of benzene rings is 1. The van der Waals surface area contributed by atoms with E-state index in [1.165, 1.54) is 12.4 Å². The average Bonchev–Trinajstić information content (AvgIpc) is 2.88. The Morgan fingerprint density at radius 3 is 3.05 bits per heavy atom. The van der Waals surface area contributed by atoms with E-state index in [2.05, 4.69) is 26.1 Å². The highest BCUT2D eigenvalue weighted by Crippen LogP contribution is 2.33. The Bertz CT molecular complexity index is 629. The van der Waals surface area contributed by atoms with Crippen molar-refractivity contribution in [2.24, 2.45) is 0 Å². The van der Waals surface area contributed by atoms with Crippen LogP contribution in [0.4, 0.5) is 0 Å². The summed E-state index contributed by atoms with van der Waals surface area (Å²) >= 11 is 3.47. The minimum atomic E-state index is 0.0192. The lowest BCUT2D eigenvalue weighted by atomic mass is 10.0. The topological polar surface area (TPSA) is 52.1 Å². The number of aromatic nitrogens is 2. The molecule has 0 bridgehead atoms. The number of carbonyl (C=O) groups excluding carboxylic acids is 1. The Hall–Kier alpha value is -1.75. The maximum Gasteiger partial charge on any atom is 0.169 e. The van der Waals surface area contributed by atoms with Crippen molar-refractivity contribution in [3.8, 4) is 5.75 Å². The van der Waals surface area contributed by atoms with Gasteiger partial charge in [-0.1, -0.05) is 15.9 Å². The summed E-state index contributed by atoms with van der Waals surface area (Å²) in [7, 11) is 0. The molecule has 0 unspecified atom stereocenters. The molecule has 0 N–H and O–H groups in total. The van der Waals surface area contributed by atoms with Crippen LogP contribution in [0.15, 0.2) is 35.1 Å². The number of halogens is 1. The van der Waals surface area contributed by atoms with Crippen molar-refractivity contribution in [3.63, 3.8) is 0 Å². The second kappa shape index (κ2) is 5.09. The summed E-state index contributed by atoms with van der Waals surface area (Å²) in [5.41, 5.74) is 2.65. The van der Waals surface area contributed by atoms with Gasteiger partial charge in [-0.3, -0.25) is 4.79 Å². The lowest BCUT2D eigenvalue weighted by Crippen LogP contribution is -2.05. The van der Waals surface area contributed by atoms with Crippen molar-refractivity contribution >= 4 is 21.7 Å². The second-order valence-corrected chi connectivity index (χ2v) is 5.30. The Morgan fingerprint density at radius 1 is 1.37 bits per heavy atom. The van der Waals surface area contributed by atoms with Gasteiger partial charge in [-0.2, -0.15) is 10.2 Å². The van der Waals surface area contributed by atoms with E-state index >= 15 is 0 Å². The van der Waals surface area contributed by atoms with Crippen LogP contribution in [0.3, 0.4) is 0 Å². The summed E-state index contributed by atoms with van der Waals surface area (Å²) < 4.78 is 6.60. The molecule has 0 saturated carbocycles. The Morgan fingerprint density at radius 2 is 2.26 bits per heavy atom. The van der Waals surface area contributed by atoms with Crippen LogP contribution in [0.2, 0.25) is 0 Å². The van der Waals surface area contributed by atoms with Gasteiger partial charge in [0.25, 0.3) is 0 Å². The molecule has 0 saturated heterocycles. The molecule has 2 heterocycles. The highest BCUT2D eigenvalue weighted by Gasteiger charge is 2.19. The lowest BCUT2D eigenvalue weighted by Gasteiger charge is -2.08. The van der Waals surface area contributed by atoms with Crippen molar-refractivity contribution in [3.05, 3.63) is 51.8 Å². The molecule has 19 heavy (non-hydrogen) atoms. The lowest BCUT2D eigenvalue weighted by molar-refractivity contribution is 0.0991. The number of fused-ring (bicyclic) bond motifs is 1. The standard InChI is InChI=1S/C14H11BrN2O2/c15-12-5-9-2-4-19-14(9)11(6-12)7-13(18)10-1-3-16-17-8-10/h1,3,5-6,8H,2,4,7H2. The summed E-state index contributed by atoms with van der Waals surface area (Å²) in [6.45, 7) is 0.684. The first kappa shape index (κ1) is 12.3. The predicted octanol–water partition coefficient (Wildman–Crippen LogP) is 2.60. The van der Waals surface area contributed by atoms with Gasteiger partial charge in [0.05, 0.1) is 19.0 Å². The summed E-state index contributed by atoms with van der Waals surface area (Å²) in [5, 5.41) is 7.40. The molecule has 1 aromatic heterocycles. The summed E-state index contributed by atoms with van der Waals surface area (Å²) in [5.74, 6) is 0.879. The van der Waals surface area contributed by atoms with E-state index in [4.69, 9.17) is 4.74 Å². The van der Waals surface area contributed by atoms with E-state index in [1.807, 2.05) is 12.1 Å². The van der Waals surface area contributed by atoms with Gasteiger partial charge in [-0.05, 0) is 23.8 Å². The molecule has 5 heteroatoms. The van der Waals surface area contributed by atoms with E-state index in [0.29, 0.717) is 18.6 Å². The molecule has 96 valence electrons. The fraction of sp³-hybridized carbons (Fsp3) is 0.214. The summed E-state index contributed by atoms with van der Waals surface area (Å²) in [6.07, 6.45) is 4.22. The first-order valence-electron chi connectivity index (χ1n) is 5.98. The Kier molecular flexibility index (Phi) is 3.29. The van der Waals surface area contributed by atoms with E-state index < -0.39 is 0 Å². The van der Waals surface area contributed by atoms with Crippen molar-refractivity contribution in [2.75, 3.05) is 6.61 Å². The number of hydrogen-bond acceptors (Lipinski definition) is 4. The molecule has 3 rings (SSSR count). The molecule has 0 amide bonds. The van der Waals surface area contributed by atoms with Crippen LogP contribution < -0.4 is 4.74 Å². The number of hydrogen-bond donors (Lipinski definition) is 0. The van der Waals surface area contributed by atoms with Crippen molar-refractivity contribution in [1.29, 1.82) is 0 Å². The third-order valence-electron chi connectivity index (χ3n) is 3.08. The molecule has 1 aromatic carbocycles. The highest BCUT2D eigenvalue weighted by atomic mass is 79.9. The molecule has 0 aliphatic carbocycles. The normalized spacial score (nSPS) is 12.9. The van der Waals surface area contributed by atoms with Gasteiger partial charge >= 0.3 is 0 Å². The first-order valence-corrected chi connectivity index (χ1v) is 6.77. The van der Waals surface area contributed by atoms with Crippen molar-refractivity contribution in [2.45, 2.75) is 12.8 Å². The van der Waals surface area contributed by atoms with Gasteiger partial charge in [-0.25, -0.2) is 0 Å². The zero-order valence-corrected chi connectivity index (χ0v) is 11.7. The largest absolute Gasteiger partial charge is 0.493 e. The quantitative estimate of drug-likeness (QED) is 0.816. The number of carbonyl (C=O) groups is 1. The van der Waals surface area contributed by atoms with Crippen molar-refractivity contribution in [1.82, 2.24) is 10.2 Å². The van der Waals surface area contributed by atoms with Crippen LogP contribution in [0.25, 0.3) is 0 Å². The first-order chi connectivity index (χ1) is 9.24. The second-order valence-electron chi connectivity index (χ2n) is 4.38. The van der Waals surface area contributed by atoms with Crippen molar-refractivity contribution < 1.29 is 9.53 Å². The SMILES string of the molecule is O=C(Cc1cc(Br)cc2c1OCC2)c1ccnnc1. The Balaban J connectivity index is 1.90. The van der Waals surface area contributed by atoms with E-state index in [1.54, 1.807) is 6.07 Å². The molecule has 0 radical (unpaired) electrons. The van der Waals surface area contributed by atoms with E-state index in [-0.39, 0.29) is 5.78 Å². The minimum Gasteiger partial charge on any atom is -0.493 e. The van der Waals surface area contributed by atoms with Gasteiger partial charge in [-0.15, -0.1) is 0 Å². The zero-order valence-electron chi connectivity index (χ0n) is 10.1. The molecular formula is C14H11BrN2O2. The van der Waals surface area contributed by atoms with Gasteiger partial charge in [0, 0.05) is 28.4 Å². The van der Waals surface area contributed by atoms with Gasteiger partial charge < -0.3 is 4.74 Å². The number of ketones is 1. The summed E-state index contributed by atoms with van der Waals surface area (Å²) in [4.78, 5) is 12.2. The van der Waals surface area contributed by atoms with E-state index in [0.717, 1.165) is 27.8 Å². The van der Waals surface area contributed by atoms with Crippen LogP contribution in [0.5, 0.6) is 5.75 Å². The maximum atomic E-state index is 12.2. The molecule has 0 fully saturated rings. The predicted molar refractivity (Wildman–Crippen MR) is 73.4 cm³/mol. The number of rotatable bonds is 3. The maximum absolute atomic E-state index is 12.2. The molecule has 4 nitrogen and oxygen atoms in total. The number of ether oxygens (including phenoxy) is 1. The highest BCUT2D eigenvalue weighted by molar-refractivity contribution is 9.10. The summed E-state index contributed by atoms with van der Waals surface area (Å²) in [6, 6.07) is 5.66. The van der Waals surface area contributed by atoms with E-state index in [9.17, 15) is 4.79 Å². The smallest absolute Gasteiger partial charge is 0.169 e.